The molecule has 0 aromatic heterocycles. The van der Waals surface area contributed by atoms with Crippen LogP contribution >= 0.6 is 23.2 Å². The number of hydrogen-bond donors (Lipinski definition) is 1. The van der Waals surface area contributed by atoms with Crippen molar-refractivity contribution >= 4 is 34.9 Å². The van der Waals surface area contributed by atoms with Gasteiger partial charge in [0.25, 0.3) is 0 Å². The molecule has 202 valence electrons. The molecule has 1 unspecified atom stereocenters. The molecule has 0 saturated carbocycles. The molecule has 2 aromatic carbocycles. The molecule has 38 heavy (non-hydrogen) atoms. The van der Waals surface area contributed by atoms with Crippen LogP contribution in [0.2, 0.25) is 10.0 Å². The highest BCUT2D eigenvalue weighted by Crippen LogP contribution is 2.31. The predicted octanol–water partition coefficient (Wildman–Crippen LogP) is 4.94. The second kappa shape index (κ2) is 13.0. The number of nitriles is 1. The maximum atomic E-state index is 14.6. The number of fused-ring (bicyclic) bond motifs is 1. The number of benzene rings is 2. The van der Waals surface area contributed by atoms with Gasteiger partial charge in [0.1, 0.15) is 5.82 Å². The second-order valence-electron chi connectivity index (χ2n) is 10.2. The number of carbonyl (C=O) groups is 2. The largest absolute Gasteiger partial charge is 0.331 e. The number of ketones is 1. The van der Waals surface area contributed by atoms with Gasteiger partial charge < -0.3 is 10.6 Å². The van der Waals surface area contributed by atoms with Gasteiger partial charge in [0.2, 0.25) is 5.91 Å². The van der Waals surface area contributed by atoms with E-state index in [1.54, 1.807) is 4.90 Å². The predicted molar refractivity (Wildman–Crippen MR) is 146 cm³/mol. The summed E-state index contributed by atoms with van der Waals surface area (Å²) >= 11 is 11.8. The number of aryl methyl sites for hydroxylation is 2. The highest BCUT2D eigenvalue weighted by molar-refractivity contribution is 6.42. The first-order chi connectivity index (χ1) is 18.3. The van der Waals surface area contributed by atoms with E-state index in [4.69, 9.17) is 28.9 Å². The number of carbonyl (C=O) groups excluding carboxylic acids is 2. The molecular formula is C29H33Cl2FN4O2. The Morgan fingerprint density at radius 3 is 2.68 bits per heavy atom. The van der Waals surface area contributed by atoms with Gasteiger partial charge in [-0.3, -0.25) is 14.5 Å². The van der Waals surface area contributed by atoms with Gasteiger partial charge in [-0.1, -0.05) is 59.6 Å². The van der Waals surface area contributed by atoms with Crippen molar-refractivity contribution in [2.45, 2.75) is 75.5 Å². The van der Waals surface area contributed by atoms with Crippen molar-refractivity contribution < 1.29 is 14.0 Å². The molecule has 0 spiro atoms. The van der Waals surface area contributed by atoms with Gasteiger partial charge in [-0.2, -0.15) is 5.26 Å². The van der Waals surface area contributed by atoms with Crippen LogP contribution in [0.5, 0.6) is 0 Å². The van der Waals surface area contributed by atoms with Gasteiger partial charge in [0.15, 0.2) is 5.78 Å². The Balaban J connectivity index is 1.51. The summed E-state index contributed by atoms with van der Waals surface area (Å²) in [6.07, 6.45) is 3.61. The number of Topliss-reactive ketones (excluding diaryl/α,β-unsaturated/α-hetero) is 1. The Kier molecular flexibility index (Phi) is 9.78. The van der Waals surface area contributed by atoms with Gasteiger partial charge in [0, 0.05) is 38.0 Å². The van der Waals surface area contributed by atoms with Crippen LogP contribution in [0.4, 0.5) is 4.39 Å². The van der Waals surface area contributed by atoms with E-state index in [0.717, 1.165) is 19.3 Å². The smallest absolute Gasteiger partial charge is 0.240 e. The standard InChI is InChI=1S/C29H33Cl2FN4O2/c30-23-12-9-20(28(32)27(23)31)10-13-26(37)24(7-4-15-33)35-16-14-22(11-8-19-5-2-1-3-6-19)36-18-21(34)17-25(36)29(35)38/h1-3,5-6,9,12,21-22,24-25H,4,7-8,10-11,13-14,16-18,34H2/t21-,22?,24-,25+/m1/s1. The topological polar surface area (TPSA) is 90.4 Å². The Hall–Kier alpha value is -2.50. The number of nitrogens with zero attached hydrogens (tertiary/aromatic N) is 3. The van der Waals surface area contributed by atoms with E-state index < -0.39 is 11.9 Å². The molecule has 2 heterocycles. The van der Waals surface area contributed by atoms with E-state index in [1.165, 1.54) is 17.7 Å². The first kappa shape index (κ1) is 28.5. The van der Waals surface area contributed by atoms with Crippen LogP contribution < -0.4 is 5.73 Å². The van der Waals surface area contributed by atoms with Crippen molar-refractivity contribution in [2.75, 3.05) is 13.1 Å². The minimum Gasteiger partial charge on any atom is -0.331 e. The molecule has 2 aliphatic rings. The molecule has 0 aliphatic carbocycles. The highest BCUT2D eigenvalue weighted by Gasteiger charge is 2.45. The van der Waals surface area contributed by atoms with Crippen LogP contribution in [-0.2, 0) is 22.4 Å². The zero-order valence-corrected chi connectivity index (χ0v) is 22.8. The summed E-state index contributed by atoms with van der Waals surface area (Å²) in [4.78, 5) is 31.2. The van der Waals surface area contributed by atoms with Gasteiger partial charge in [-0.25, -0.2) is 4.39 Å². The molecule has 2 aliphatic heterocycles. The SMILES string of the molecule is N#CCC[C@H](C(=O)CCc1ccc(Cl)c(Cl)c1F)N1CCC(CCc2ccccc2)N2C[C@H](N)C[C@H]2C1=O. The lowest BCUT2D eigenvalue weighted by Crippen LogP contribution is -2.50. The van der Waals surface area contributed by atoms with E-state index in [2.05, 4.69) is 23.1 Å². The molecule has 4 atom stereocenters. The molecular weight excluding hydrogens is 526 g/mol. The minimum absolute atomic E-state index is 0.0279. The number of rotatable bonds is 10. The third-order valence-corrected chi connectivity index (χ3v) is 8.54. The third kappa shape index (κ3) is 6.55. The molecule has 0 bridgehead atoms. The molecule has 2 fully saturated rings. The van der Waals surface area contributed by atoms with Crippen LogP contribution in [0.1, 0.15) is 49.7 Å². The van der Waals surface area contributed by atoms with Crippen LogP contribution in [0, 0.1) is 17.1 Å². The Bertz CT molecular complexity index is 1190. The molecule has 2 aromatic rings. The third-order valence-electron chi connectivity index (χ3n) is 7.75. The number of amides is 1. The molecule has 1 amide bonds. The minimum atomic E-state index is -0.737. The van der Waals surface area contributed by atoms with E-state index in [0.29, 0.717) is 25.1 Å². The molecule has 2 N–H and O–H groups in total. The summed E-state index contributed by atoms with van der Waals surface area (Å²) < 4.78 is 14.6. The lowest BCUT2D eigenvalue weighted by atomic mass is 9.97. The van der Waals surface area contributed by atoms with Crippen LogP contribution in [0.3, 0.4) is 0 Å². The fraction of sp³-hybridized carbons (Fsp3) is 0.483. The van der Waals surface area contributed by atoms with E-state index in [1.807, 2.05) is 18.2 Å². The Morgan fingerprint density at radius 2 is 1.95 bits per heavy atom. The number of hydrogen-bond acceptors (Lipinski definition) is 5. The first-order valence-electron chi connectivity index (χ1n) is 13.2. The normalized spacial score (nSPS) is 22.6. The quantitative estimate of drug-likeness (QED) is 0.417. The summed E-state index contributed by atoms with van der Waals surface area (Å²) in [6.45, 7) is 1.08. The summed E-state index contributed by atoms with van der Waals surface area (Å²) in [7, 11) is 0. The van der Waals surface area contributed by atoms with Crippen LogP contribution in [-0.4, -0.2) is 58.7 Å². The van der Waals surface area contributed by atoms with Crippen LogP contribution in [0.15, 0.2) is 42.5 Å². The zero-order chi connectivity index (χ0) is 27.2. The Morgan fingerprint density at radius 1 is 1.18 bits per heavy atom. The molecule has 6 nitrogen and oxygen atoms in total. The fourth-order valence-electron chi connectivity index (χ4n) is 5.77. The number of halogens is 3. The average Bonchev–Trinajstić information content (AvgIpc) is 3.26. The molecule has 9 heteroatoms. The summed E-state index contributed by atoms with van der Waals surface area (Å²) in [5.41, 5.74) is 7.85. The van der Waals surface area contributed by atoms with Crippen molar-refractivity contribution in [3.8, 4) is 6.07 Å². The molecule has 2 saturated heterocycles. The number of nitrogens with two attached hydrogens (primary N) is 1. The van der Waals surface area contributed by atoms with Crippen molar-refractivity contribution in [2.24, 2.45) is 5.73 Å². The van der Waals surface area contributed by atoms with E-state index >= 15 is 0 Å². The highest BCUT2D eigenvalue weighted by atomic mass is 35.5. The van der Waals surface area contributed by atoms with Gasteiger partial charge in [-0.05, 0) is 55.7 Å². The Labute approximate surface area is 233 Å². The van der Waals surface area contributed by atoms with E-state index in [9.17, 15) is 19.2 Å². The maximum absolute atomic E-state index is 14.6. The van der Waals surface area contributed by atoms with Crippen LogP contribution in [0.25, 0.3) is 0 Å². The van der Waals surface area contributed by atoms with Gasteiger partial charge in [-0.15, -0.1) is 0 Å². The molecule has 0 radical (unpaired) electrons. The second-order valence-corrected chi connectivity index (χ2v) is 11.0. The lowest BCUT2D eigenvalue weighted by molar-refractivity contribution is -0.142. The maximum Gasteiger partial charge on any atom is 0.240 e. The van der Waals surface area contributed by atoms with Crippen molar-refractivity contribution in [1.82, 2.24) is 9.80 Å². The average molecular weight is 560 g/mol. The van der Waals surface area contributed by atoms with E-state index in [-0.39, 0.29) is 65.5 Å². The summed E-state index contributed by atoms with van der Waals surface area (Å²) in [6, 6.07) is 14.3. The fourth-order valence-corrected chi connectivity index (χ4v) is 6.10. The summed E-state index contributed by atoms with van der Waals surface area (Å²) in [5.74, 6) is -0.920. The van der Waals surface area contributed by atoms with Crippen molar-refractivity contribution in [1.29, 1.82) is 5.26 Å². The van der Waals surface area contributed by atoms with Gasteiger partial charge >= 0.3 is 0 Å². The zero-order valence-electron chi connectivity index (χ0n) is 21.3. The van der Waals surface area contributed by atoms with Crippen molar-refractivity contribution in [3.05, 3.63) is 69.5 Å². The van der Waals surface area contributed by atoms with Crippen molar-refractivity contribution in [3.63, 3.8) is 0 Å². The summed E-state index contributed by atoms with van der Waals surface area (Å²) in [5, 5.41) is 9.20. The van der Waals surface area contributed by atoms with Gasteiger partial charge in [0.05, 0.1) is 28.2 Å². The monoisotopic (exact) mass is 558 g/mol. The molecule has 4 rings (SSSR count). The lowest BCUT2D eigenvalue weighted by Gasteiger charge is -2.32. The first-order valence-corrected chi connectivity index (χ1v) is 13.9.